The third-order valence-electron chi connectivity index (χ3n) is 4.48. The first kappa shape index (κ1) is 24.7. The van der Waals surface area contributed by atoms with Crippen molar-refractivity contribution >= 4 is 5.97 Å². The third-order valence-corrected chi connectivity index (χ3v) is 4.48. The predicted molar refractivity (Wildman–Crippen MR) is 103 cm³/mol. The van der Waals surface area contributed by atoms with Crippen LogP contribution >= 0.6 is 0 Å². The predicted octanol–water partition coefficient (Wildman–Crippen LogP) is 7.45. The zero-order valence-electron chi connectivity index (χ0n) is 17.0. The fourth-order valence-electron chi connectivity index (χ4n) is 3.06. The molecule has 1 aliphatic rings. The van der Waals surface area contributed by atoms with Gasteiger partial charge in [0.2, 0.25) is 0 Å². The quantitative estimate of drug-likeness (QED) is 0.324. The smallest absolute Gasteiger partial charge is 0.303 e. The summed E-state index contributed by atoms with van der Waals surface area (Å²) in [6.45, 7) is 12.1. The van der Waals surface area contributed by atoms with Gasteiger partial charge in [-0.05, 0) is 32.1 Å². The Morgan fingerprint density at radius 2 is 1.22 bits per heavy atom. The van der Waals surface area contributed by atoms with Gasteiger partial charge in [0.05, 0.1) is 0 Å². The number of rotatable bonds is 9. The second kappa shape index (κ2) is 17.8. The summed E-state index contributed by atoms with van der Waals surface area (Å²) >= 11 is 0. The molecule has 0 spiro atoms. The van der Waals surface area contributed by atoms with Crippen LogP contribution < -0.4 is 0 Å². The molecule has 0 aromatic carbocycles. The zero-order valence-corrected chi connectivity index (χ0v) is 17.0. The van der Waals surface area contributed by atoms with Gasteiger partial charge in [-0.3, -0.25) is 4.79 Å². The Kier molecular flexibility index (Phi) is 19.1. The molecule has 0 aromatic heterocycles. The second-order valence-electron chi connectivity index (χ2n) is 6.46. The van der Waals surface area contributed by atoms with Crippen LogP contribution in [-0.2, 0) is 9.53 Å². The van der Waals surface area contributed by atoms with Gasteiger partial charge < -0.3 is 4.74 Å². The molecule has 0 aliphatic heterocycles. The maximum Gasteiger partial charge on any atom is 0.303 e. The van der Waals surface area contributed by atoms with Crippen LogP contribution in [0.15, 0.2) is 0 Å². The van der Waals surface area contributed by atoms with Gasteiger partial charge in [0.15, 0.2) is 0 Å². The highest BCUT2D eigenvalue weighted by molar-refractivity contribution is 5.66. The molecule has 1 rings (SSSR count). The van der Waals surface area contributed by atoms with Crippen molar-refractivity contribution in [2.45, 2.75) is 131 Å². The molecule has 23 heavy (non-hydrogen) atoms. The van der Waals surface area contributed by atoms with E-state index in [1.165, 1.54) is 71.1 Å². The first-order chi connectivity index (χ1) is 11.1. The highest BCUT2D eigenvalue weighted by Gasteiger charge is 2.34. The maximum atomic E-state index is 10.7. The number of ether oxygens (including phenoxy) is 1. The summed E-state index contributed by atoms with van der Waals surface area (Å²) in [6.07, 6.45) is 17.0. The van der Waals surface area contributed by atoms with E-state index in [-0.39, 0.29) is 11.6 Å². The van der Waals surface area contributed by atoms with Crippen LogP contribution in [0.4, 0.5) is 0 Å². The van der Waals surface area contributed by atoms with Gasteiger partial charge in [-0.25, -0.2) is 0 Å². The summed E-state index contributed by atoms with van der Waals surface area (Å²) in [7, 11) is 0. The minimum atomic E-state index is -0.131. The van der Waals surface area contributed by atoms with Crippen molar-refractivity contribution in [2.75, 3.05) is 0 Å². The standard InChI is InChI=1S/C10H22.C9H16O2.C2H6/c1-3-5-7-9-10-8-6-4-2;1-3-9(11-8(2)10)6-4-5-7-9;1-2/h3-10H2,1-2H3;3-7H2,1-2H3;1-2H3. The topological polar surface area (TPSA) is 26.3 Å². The van der Waals surface area contributed by atoms with Gasteiger partial charge in [0.25, 0.3) is 0 Å². The van der Waals surface area contributed by atoms with E-state index in [2.05, 4.69) is 20.8 Å². The SMILES string of the molecule is CC.CCC1(OC(C)=O)CCCC1.CCCCCCCCCC. The molecule has 0 unspecified atom stereocenters. The van der Waals surface area contributed by atoms with E-state index in [4.69, 9.17) is 4.74 Å². The Hall–Kier alpha value is -0.530. The largest absolute Gasteiger partial charge is 0.459 e. The fourth-order valence-corrected chi connectivity index (χ4v) is 3.06. The Morgan fingerprint density at radius 1 is 0.826 bits per heavy atom. The summed E-state index contributed by atoms with van der Waals surface area (Å²) in [6, 6.07) is 0. The van der Waals surface area contributed by atoms with Crippen molar-refractivity contribution in [1.82, 2.24) is 0 Å². The molecule has 0 aromatic rings. The van der Waals surface area contributed by atoms with Crippen molar-refractivity contribution in [3.63, 3.8) is 0 Å². The average Bonchev–Trinajstić information content (AvgIpc) is 3.02. The minimum Gasteiger partial charge on any atom is -0.459 e. The first-order valence-corrected chi connectivity index (χ1v) is 10.3. The molecular formula is C21H44O2. The lowest BCUT2D eigenvalue weighted by molar-refractivity contribution is -0.156. The molecule has 2 heteroatoms. The van der Waals surface area contributed by atoms with Crippen molar-refractivity contribution in [3.8, 4) is 0 Å². The molecule has 1 fully saturated rings. The Labute approximate surface area is 146 Å². The van der Waals surface area contributed by atoms with Crippen LogP contribution in [0.1, 0.15) is 125 Å². The van der Waals surface area contributed by atoms with Gasteiger partial charge in [0.1, 0.15) is 5.60 Å². The number of carbonyl (C=O) groups is 1. The van der Waals surface area contributed by atoms with E-state index in [0.717, 1.165) is 19.3 Å². The average molecular weight is 329 g/mol. The van der Waals surface area contributed by atoms with Crippen molar-refractivity contribution in [3.05, 3.63) is 0 Å². The summed E-state index contributed by atoms with van der Waals surface area (Å²) in [5.41, 5.74) is -0.0914. The van der Waals surface area contributed by atoms with Crippen LogP contribution in [-0.4, -0.2) is 11.6 Å². The molecule has 0 amide bonds. The number of hydrogen-bond acceptors (Lipinski definition) is 2. The molecular weight excluding hydrogens is 284 g/mol. The van der Waals surface area contributed by atoms with Gasteiger partial charge >= 0.3 is 5.97 Å². The molecule has 0 radical (unpaired) electrons. The second-order valence-corrected chi connectivity index (χ2v) is 6.46. The summed E-state index contributed by atoms with van der Waals surface area (Å²) < 4.78 is 5.31. The molecule has 0 N–H and O–H groups in total. The van der Waals surface area contributed by atoms with Crippen LogP contribution in [0.3, 0.4) is 0 Å². The van der Waals surface area contributed by atoms with Crippen molar-refractivity contribution < 1.29 is 9.53 Å². The molecule has 2 nitrogen and oxygen atoms in total. The molecule has 0 bridgehead atoms. The Bertz CT molecular complexity index is 234. The molecule has 0 saturated heterocycles. The van der Waals surface area contributed by atoms with E-state index in [9.17, 15) is 4.79 Å². The molecule has 1 aliphatic carbocycles. The number of esters is 1. The summed E-state index contributed by atoms with van der Waals surface area (Å²) in [5.74, 6) is -0.131. The van der Waals surface area contributed by atoms with E-state index < -0.39 is 0 Å². The van der Waals surface area contributed by atoms with E-state index in [0.29, 0.717) is 0 Å². The lowest BCUT2D eigenvalue weighted by Gasteiger charge is -2.26. The minimum absolute atomic E-state index is 0.0914. The Morgan fingerprint density at radius 3 is 1.52 bits per heavy atom. The monoisotopic (exact) mass is 328 g/mol. The van der Waals surface area contributed by atoms with Crippen LogP contribution in [0.5, 0.6) is 0 Å². The molecule has 1 saturated carbocycles. The third kappa shape index (κ3) is 14.8. The normalized spacial score (nSPS) is 15.0. The van der Waals surface area contributed by atoms with E-state index >= 15 is 0 Å². The van der Waals surface area contributed by atoms with Crippen LogP contribution in [0, 0.1) is 0 Å². The van der Waals surface area contributed by atoms with Crippen LogP contribution in [0.25, 0.3) is 0 Å². The zero-order chi connectivity index (χ0) is 18.0. The van der Waals surface area contributed by atoms with E-state index in [1.54, 1.807) is 0 Å². The lowest BCUT2D eigenvalue weighted by Crippen LogP contribution is -2.29. The fraction of sp³-hybridized carbons (Fsp3) is 0.952. The molecule has 0 atom stereocenters. The van der Waals surface area contributed by atoms with E-state index in [1.807, 2.05) is 13.8 Å². The summed E-state index contributed by atoms with van der Waals surface area (Å²) in [4.78, 5) is 10.7. The van der Waals surface area contributed by atoms with Gasteiger partial charge in [-0.15, -0.1) is 0 Å². The molecule has 140 valence electrons. The number of unbranched alkanes of at least 4 members (excludes halogenated alkanes) is 7. The summed E-state index contributed by atoms with van der Waals surface area (Å²) in [5, 5.41) is 0. The Balaban J connectivity index is 0. The van der Waals surface area contributed by atoms with Gasteiger partial charge in [0, 0.05) is 6.92 Å². The van der Waals surface area contributed by atoms with Crippen molar-refractivity contribution in [1.29, 1.82) is 0 Å². The first-order valence-electron chi connectivity index (χ1n) is 10.3. The number of carbonyl (C=O) groups excluding carboxylic acids is 1. The molecule has 0 heterocycles. The van der Waals surface area contributed by atoms with Gasteiger partial charge in [-0.1, -0.05) is 86.0 Å². The van der Waals surface area contributed by atoms with Gasteiger partial charge in [-0.2, -0.15) is 0 Å². The maximum absolute atomic E-state index is 10.7. The highest BCUT2D eigenvalue weighted by atomic mass is 16.6. The number of hydrogen-bond donors (Lipinski definition) is 0. The van der Waals surface area contributed by atoms with Crippen molar-refractivity contribution in [2.24, 2.45) is 0 Å². The lowest BCUT2D eigenvalue weighted by atomic mass is 9.99. The van der Waals surface area contributed by atoms with Crippen LogP contribution in [0.2, 0.25) is 0 Å². The highest BCUT2D eigenvalue weighted by Crippen LogP contribution is 2.35.